The molecule has 19 heavy (non-hydrogen) atoms. The molecule has 0 aromatic heterocycles. The number of rotatable bonds is 8. The average molecular weight is 272 g/mol. The van der Waals surface area contributed by atoms with Gasteiger partial charge in [0.05, 0.1) is 12.8 Å². The number of carbonyl (C=O) groups excluding carboxylic acids is 2. The third kappa shape index (κ3) is 3.65. The summed E-state index contributed by atoms with van der Waals surface area (Å²) in [6, 6.07) is -0.290. The average Bonchev–Trinajstić information content (AvgIpc) is 2.60. The third-order valence-corrected chi connectivity index (χ3v) is 3.62. The molecule has 5 nitrogen and oxygen atoms in total. The zero-order valence-electron chi connectivity index (χ0n) is 11.1. The van der Waals surface area contributed by atoms with E-state index in [2.05, 4.69) is 0 Å². The topological polar surface area (TPSA) is 49.9 Å². The third-order valence-electron chi connectivity index (χ3n) is 3.62. The van der Waals surface area contributed by atoms with E-state index < -0.39 is 6.67 Å². The maximum absolute atomic E-state index is 12.1. The van der Waals surface area contributed by atoms with E-state index in [1.54, 1.807) is 0 Å². The van der Waals surface area contributed by atoms with E-state index in [0.29, 0.717) is 32.2 Å². The van der Waals surface area contributed by atoms with Crippen molar-refractivity contribution in [1.29, 1.82) is 0 Å². The summed E-state index contributed by atoms with van der Waals surface area (Å²) in [5.74, 6) is -0.187. The van der Waals surface area contributed by atoms with Crippen molar-refractivity contribution in [1.82, 2.24) is 9.80 Å². The van der Waals surface area contributed by atoms with Crippen LogP contribution in [0, 0.1) is 0 Å². The molecule has 0 unspecified atom stereocenters. The highest BCUT2D eigenvalue weighted by molar-refractivity contribution is 6.01. The van der Waals surface area contributed by atoms with Crippen LogP contribution in [0.1, 0.15) is 32.1 Å². The Balaban J connectivity index is 1.67. The van der Waals surface area contributed by atoms with Crippen LogP contribution in [0.4, 0.5) is 9.18 Å². The van der Waals surface area contributed by atoms with Gasteiger partial charge < -0.3 is 9.64 Å². The molecule has 1 aliphatic carbocycles. The summed E-state index contributed by atoms with van der Waals surface area (Å²) in [5, 5.41) is 0. The Labute approximate surface area is 112 Å². The van der Waals surface area contributed by atoms with E-state index in [1.165, 1.54) is 16.2 Å². The highest BCUT2D eigenvalue weighted by Gasteiger charge is 2.34. The molecule has 2 rings (SSSR count). The molecular formula is C13H21FN2O3. The SMILES string of the molecule is O=C1CN(CCCF)C(=O)N1CCCOC1CCC1. The molecule has 0 radical (unpaired) electrons. The first kappa shape index (κ1) is 14.2. The van der Waals surface area contributed by atoms with E-state index in [0.717, 1.165) is 12.8 Å². The monoisotopic (exact) mass is 272 g/mol. The molecule has 1 saturated carbocycles. The number of hydrogen-bond donors (Lipinski definition) is 0. The van der Waals surface area contributed by atoms with Gasteiger partial charge in [0.1, 0.15) is 6.54 Å². The van der Waals surface area contributed by atoms with Crippen molar-refractivity contribution < 1.29 is 18.7 Å². The van der Waals surface area contributed by atoms with E-state index in [9.17, 15) is 14.0 Å². The van der Waals surface area contributed by atoms with Gasteiger partial charge in [-0.1, -0.05) is 0 Å². The molecule has 108 valence electrons. The van der Waals surface area contributed by atoms with Crippen molar-refractivity contribution in [2.45, 2.75) is 38.2 Å². The number of amides is 3. The summed E-state index contributed by atoms with van der Waals surface area (Å²) < 4.78 is 17.7. The van der Waals surface area contributed by atoms with E-state index in [1.807, 2.05) is 0 Å². The minimum atomic E-state index is -0.465. The second-order valence-corrected chi connectivity index (χ2v) is 5.07. The minimum Gasteiger partial charge on any atom is -0.378 e. The Hall–Kier alpha value is -1.17. The molecule has 1 heterocycles. The first-order valence-electron chi connectivity index (χ1n) is 6.99. The summed E-state index contributed by atoms with van der Waals surface area (Å²) >= 11 is 0. The van der Waals surface area contributed by atoms with Gasteiger partial charge in [-0.25, -0.2) is 4.79 Å². The number of halogens is 1. The lowest BCUT2D eigenvalue weighted by atomic mass is 9.96. The second-order valence-electron chi connectivity index (χ2n) is 5.07. The van der Waals surface area contributed by atoms with Gasteiger partial charge in [-0.3, -0.25) is 14.1 Å². The van der Waals surface area contributed by atoms with Crippen LogP contribution >= 0.6 is 0 Å². The molecule has 3 amide bonds. The van der Waals surface area contributed by atoms with Gasteiger partial charge in [0.15, 0.2) is 0 Å². The first-order valence-corrected chi connectivity index (χ1v) is 6.99. The maximum Gasteiger partial charge on any atom is 0.327 e. The second kappa shape index (κ2) is 6.84. The fraction of sp³-hybridized carbons (Fsp3) is 0.846. The molecule has 1 saturated heterocycles. The number of imide groups is 1. The van der Waals surface area contributed by atoms with Crippen molar-refractivity contribution in [3.05, 3.63) is 0 Å². The number of hydrogen-bond acceptors (Lipinski definition) is 3. The highest BCUT2D eigenvalue weighted by Crippen LogP contribution is 2.22. The predicted octanol–water partition coefficient (Wildman–Crippen LogP) is 1.57. The van der Waals surface area contributed by atoms with Crippen LogP contribution in [-0.2, 0) is 9.53 Å². The zero-order chi connectivity index (χ0) is 13.7. The highest BCUT2D eigenvalue weighted by atomic mass is 19.1. The smallest absolute Gasteiger partial charge is 0.327 e. The summed E-state index contributed by atoms with van der Waals surface area (Å²) in [5.41, 5.74) is 0. The fourth-order valence-electron chi connectivity index (χ4n) is 2.25. The van der Waals surface area contributed by atoms with Crippen molar-refractivity contribution in [2.24, 2.45) is 0 Å². The molecule has 6 heteroatoms. The van der Waals surface area contributed by atoms with E-state index >= 15 is 0 Å². The lowest BCUT2D eigenvalue weighted by Crippen LogP contribution is -2.35. The Bertz CT molecular complexity index is 334. The number of ether oxygens (including phenoxy) is 1. The lowest BCUT2D eigenvalue weighted by Gasteiger charge is -2.25. The standard InChI is InChI=1S/C13H21FN2O3/c14-6-2-7-15-10-12(17)16(13(15)18)8-3-9-19-11-4-1-5-11/h11H,1-10H2. The van der Waals surface area contributed by atoms with Gasteiger partial charge in [-0.2, -0.15) is 0 Å². The van der Waals surface area contributed by atoms with Crippen molar-refractivity contribution >= 4 is 11.9 Å². The fourth-order valence-corrected chi connectivity index (χ4v) is 2.25. The predicted molar refractivity (Wildman–Crippen MR) is 67.5 cm³/mol. The van der Waals surface area contributed by atoms with Crippen LogP contribution in [0.25, 0.3) is 0 Å². The van der Waals surface area contributed by atoms with Gasteiger partial charge in [-0.05, 0) is 32.1 Å². The van der Waals surface area contributed by atoms with Crippen LogP contribution in [0.5, 0.6) is 0 Å². The Kier molecular flexibility index (Phi) is 5.13. The quantitative estimate of drug-likeness (QED) is 0.498. The maximum atomic E-state index is 12.1. The number of nitrogens with zero attached hydrogens (tertiary/aromatic N) is 2. The molecule has 2 aliphatic rings. The Morgan fingerprint density at radius 2 is 2.00 bits per heavy atom. The van der Waals surface area contributed by atoms with Crippen molar-refractivity contribution in [2.75, 3.05) is 32.9 Å². The Morgan fingerprint density at radius 3 is 2.63 bits per heavy atom. The normalized spacial score (nSPS) is 20.3. The summed E-state index contributed by atoms with van der Waals surface area (Å²) in [6.07, 6.45) is 4.82. The summed E-state index contributed by atoms with van der Waals surface area (Å²) in [6.45, 7) is 0.925. The Morgan fingerprint density at radius 1 is 1.21 bits per heavy atom. The van der Waals surface area contributed by atoms with Gasteiger partial charge in [0, 0.05) is 19.7 Å². The number of carbonyl (C=O) groups is 2. The lowest BCUT2D eigenvalue weighted by molar-refractivity contribution is -0.125. The molecule has 0 aromatic rings. The van der Waals surface area contributed by atoms with E-state index in [-0.39, 0.29) is 24.9 Å². The van der Waals surface area contributed by atoms with Crippen LogP contribution in [-0.4, -0.2) is 60.8 Å². The van der Waals surface area contributed by atoms with E-state index in [4.69, 9.17) is 4.74 Å². The molecule has 0 N–H and O–H groups in total. The molecule has 0 bridgehead atoms. The summed E-state index contributed by atoms with van der Waals surface area (Å²) in [7, 11) is 0. The first-order chi connectivity index (χ1) is 9.22. The van der Waals surface area contributed by atoms with Crippen LogP contribution in [0.2, 0.25) is 0 Å². The van der Waals surface area contributed by atoms with Gasteiger partial charge >= 0.3 is 6.03 Å². The van der Waals surface area contributed by atoms with Crippen molar-refractivity contribution in [3.8, 4) is 0 Å². The van der Waals surface area contributed by atoms with Crippen LogP contribution < -0.4 is 0 Å². The van der Waals surface area contributed by atoms with Gasteiger partial charge in [0.2, 0.25) is 5.91 Å². The van der Waals surface area contributed by atoms with Gasteiger partial charge in [0.25, 0.3) is 0 Å². The molecule has 0 aromatic carbocycles. The van der Waals surface area contributed by atoms with Crippen LogP contribution in [0.3, 0.4) is 0 Å². The molecule has 1 aliphatic heterocycles. The summed E-state index contributed by atoms with van der Waals surface area (Å²) in [4.78, 5) is 26.2. The largest absolute Gasteiger partial charge is 0.378 e. The zero-order valence-corrected chi connectivity index (χ0v) is 11.1. The molecule has 0 spiro atoms. The number of alkyl halides is 1. The molecular weight excluding hydrogens is 251 g/mol. The molecule has 2 fully saturated rings. The molecule has 0 atom stereocenters. The minimum absolute atomic E-state index is 0.0856. The van der Waals surface area contributed by atoms with Crippen molar-refractivity contribution in [3.63, 3.8) is 0 Å². The van der Waals surface area contributed by atoms with Gasteiger partial charge in [-0.15, -0.1) is 0 Å². The van der Waals surface area contributed by atoms with Crippen LogP contribution in [0.15, 0.2) is 0 Å². The number of urea groups is 1.